The molecule has 0 saturated carbocycles. The molecule has 1 aromatic rings. The molecule has 1 rings (SSSR count). The number of aliphatic hydroxyl groups is 1. The van der Waals surface area contributed by atoms with Gasteiger partial charge in [0, 0.05) is 0 Å². The zero-order chi connectivity index (χ0) is 13.0. The van der Waals surface area contributed by atoms with Gasteiger partial charge >= 0.3 is 0 Å². The molecule has 0 aromatic heterocycles. The van der Waals surface area contributed by atoms with E-state index in [9.17, 15) is 9.50 Å². The molecule has 3 N–H and O–H groups in total. The van der Waals surface area contributed by atoms with E-state index in [1.54, 1.807) is 6.07 Å². The van der Waals surface area contributed by atoms with E-state index in [0.717, 1.165) is 6.42 Å². The van der Waals surface area contributed by atoms with E-state index >= 15 is 0 Å². The molecule has 5 heteroatoms. The standard InChI is InChI=1S/C13H19ClFNO.ClH/c1-8(2)3-6-12(17)13(16)9-4-5-11(15)10(14)7-9;/h4-5,7-8,12-13,17H,3,6,16H2,1-2H3;1H/t12-,13+;/m0./s1. The summed E-state index contributed by atoms with van der Waals surface area (Å²) in [5.41, 5.74) is 6.57. The molecular weight excluding hydrogens is 276 g/mol. The van der Waals surface area contributed by atoms with Crippen molar-refractivity contribution in [2.24, 2.45) is 11.7 Å². The molecule has 0 amide bonds. The molecule has 0 radical (unpaired) electrons. The number of benzene rings is 1. The van der Waals surface area contributed by atoms with Crippen molar-refractivity contribution in [1.29, 1.82) is 0 Å². The fourth-order valence-corrected chi connectivity index (χ4v) is 1.81. The van der Waals surface area contributed by atoms with Crippen LogP contribution in [0.4, 0.5) is 4.39 Å². The highest BCUT2D eigenvalue weighted by Gasteiger charge is 2.18. The largest absolute Gasteiger partial charge is 0.391 e. The third kappa shape index (κ3) is 5.11. The Balaban J connectivity index is 0.00000289. The van der Waals surface area contributed by atoms with E-state index < -0.39 is 18.0 Å². The van der Waals surface area contributed by atoms with Crippen LogP contribution < -0.4 is 5.73 Å². The second kappa shape index (κ2) is 7.95. The minimum atomic E-state index is -0.626. The van der Waals surface area contributed by atoms with Crippen LogP contribution in [0.3, 0.4) is 0 Å². The van der Waals surface area contributed by atoms with Crippen LogP contribution in [0.15, 0.2) is 18.2 Å². The first-order valence-electron chi connectivity index (χ1n) is 5.80. The Bertz CT molecular complexity index is 374. The average Bonchev–Trinajstić information content (AvgIpc) is 2.28. The number of aliphatic hydroxyl groups excluding tert-OH is 1. The Morgan fingerprint density at radius 3 is 2.44 bits per heavy atom. The monoisotopic (exact) mass is 295 g/mol. The summed E-state index contributed by atoms with van der Waals surface area (Å²) >= 11 is 5.68. The Hall–Kier alpha value is -0.350. The van der Waals surface area contributed by atoms with E-state index in [1.165, 1.54) is 12.1 Å². The van der Waals surface area contributed by atoms with Crippen molar-refractivity contribution in [1.82, 2.24) is 0 Å². The summed E-state index contributed by atoms with van der Waals surface area (Å²) in [4.78, 5) is 0. The quantitative estimate of drug-likeness (QED) is 0.870. The number of hydrogen-bond acceptors (Lipinski definition) is 2. The lowest BCUT2D eigenvalue weighted by molar-refractivity contribution is 0.128. The van der Waals surface area contributed by atoms with Crippen LogP contribution >= 0.6 is 24.0 Å². The van der Waals surface area contributed by atoms with Crippen LogP contribution in [0.1, 0.15) is 38.3 Å². The third-order valence-corrected chi connectivity index (χ3v) is 3.07. The van der Waals surface area contributed by atoms with Gasteiger partial charge in [-0.2, -0.15) is 0 Å². The second-order valence-corrected chi connectivity index (χ2v) is 5.15. The number of rotatable bonds is 5. The zero-order valence-electron chi connectivity index (χ0n) is 10.6. The lowest BCUT2D eigenvalue weighted by Crippen LogP contribution is -2.26. The van der Waals surface area contributed by atoms with Crippen LogP contribution in [0.25, 0.3) is 0 Å². The van der Waals surface area contributed by atoms with Crippen molar-refractivity contribution in [3.8, 4) is 0 Å². The summed E-state index contributed by atoms with van der Waals surface area (Å²) in [5, 5.41) is 9.95. The van der Waals surface area contributed by atoms with Crippen molar-refractivity contribution in [3.05, 3.63) is 34.6 Å². The molecule has 0 saturated heterocycles. The summed E-state index contributed by atoms with van der Waals surface area (Å²) in [6.45, 7) is 4.18. The van der Waals surface area contributed by atoms with Crippen molar-refractivity contribution >= 4 is 24.0 Å². The topological polar surface area (TPSA) is 46.2 Å². The molecule has 0 aliphatic heterocycles. The predicted octanol–water partition coefficient (Wildman–Crippen LogP) is 3.70. The van der Waals surface area contributed by atoms with Gasteiger partial charge in [0.1, 0.15) is 5.82 Å². The van der Waals surface area contributed by atoms with E-state index in [4.69, 9.17) is 17.3 Å². The molecule has 2 nitrogen and oxygen atoms in total. The molecular formula is C13H20Cl2FNO. The van der Waals surface area contributed by atoms with Gasteiger partial charge in [0.05, 0.1) is 17.2 Å². The summed E-state index contributed by atoms with van der Waals surface area (Å²) in [6, 6.07) is 3.78. The minimum absolute atomic E-state index is 0. The average molecular weight is 296 g/mol. The highest BCUT2D eigenvalue weighted by molar-refractivity contribution is 6.30. The maximum absolute atomic E-state index is 13.0. The van der Waals surface area contributed by atoms with Crippen molar-refractivity contribution < 1.29 is 9.50 Å². The second-order valence-electron chi connectivity index (χ2n) is 4.74. The highest BCUT2D eigenvalue weighted by atomic mass is 35.5. The van der Waals surface area contributed by atoms with E-state index in [2.05, 4.69) is 13.8 Å². The summed E-state index contributed by atoms with van der Waals surface area (Å²) in [5.74, 6) is 0.0490. The predicted molar refractivity (Wildman–Crippen MR) is 75.7 cm³/mol. The molecule has 0 aliphatic carbocycles. The molecule has 104 valence electrons. The third-order valence-electron chi connectivity index (χ3n) is 2.78. The molecule has 0 fully saturated rings. The molecule has 0 unspecified atom stereocenters. The zero-order valence-corrected chi connectivity index (χ0v) is 12.1. The van der Waals surface area contributed by atoms with Crippen LogP contribution in [0, 0.1) is 11.7 Å². The summed E-state index contributed by atoms with van der Waals surface area (Å²) < 4.78 is 13.0. The van der Waals surface area contributed by atoms with Gasteiger partial charge in [0.15, 0.2) is 0 Å². The number of halogens is 3. The van der Waals surface area contributed by atoms with E-state index in [0.29, 0.717) is 17.9 Å². The van der Waals surface area contributed by atoms with Crippen LogP contribution in [0.5, 0.6) is 0 Å². The van der Waals surface area contributed by atoms with Gasteiger partial charge in [-0.05, 0) is 36.5 Å². The maximum atomic E-state index is 13.0. The molecule has 0 heterocycles. The first-order chi connectivity index (χ1) is 7.91. The van der Waals surface area contributed by atoms with Gasteiger partial charge in [0.2, 0.25) is 0 Å². The van der Waals surface area contributed by atoms with E-state index in [1.807, 2.05) is 0 Å². The molecule has 0 bridgehead atoms. The SMILES string of the molecule is CC(C)CC[C@H](O)[C@H](N)c1ccc(F)c(Cl)c1.Cl. The Morgan fingerprint density at radius 1 is 1.33 bits per heavy atom. The Morgan fingerprint density at radius 2 is 1.94 bits per heavy atom. The minimum Gasteiger partial charge on any atom is -0.391 e. The maximum Gasteiger partial charge on any atom is 0.141 e. The Kier molecular flexibility index (Phi) is 7.79. The molecule has 2 atom stereocenters. The van der Waals surface area contributed by atoms with Gasteiger partial charge in [-0.15, -0.1) is 12.4 Å². The molecule has 0 spiro atoms. The molecule has 1 aromatic carbocycles. The van der Waals surface area contributed by atoms with Crippen molar-refractivity contribution in [3.63, 3.8) is 0 Å². The Labute approximate surface area is 119 Å². The van der Waals surface area contributed by atoms with Gasteiger partial charge in [-0.1, -0.05) is 31.5 Å². The number of hydrogen-bond donors (Lipinski definition) is 2. The van der Waals surface area contributed by atoms with Gasteiger partial charge in [0.25, 0.3) is 0 Å². The van der Waals surface area contributed by atoms with Crippen molar-refractivity contribution in [2.45, 2.75) is 38.8 Å². The van der Waals surface area contributed by atoms with Crippen LogP contribution in [-0.2, 0) is 0 Å². The smallest absolute Gasteiger partial charge is 0.141 e. The van der Waals surface area contributed by atoms with Crippen LogP contribution in [0.2, 0.25) is 5.02 Å². The van der Waals surface area contributed by atoms with Gasteiger partial charge in [-0.25, -0.2) is 4.39 Å². The number of nitrogens with two attached hydrogens (primary N) is 1. The van der Waals surface area contributed by atoms with Gasteiger partial charge in [-0.3, -0.25) is 0 Å². The fourth-order valence-electron chi connectivity index (χ4n) is 1.63. The normalized spacial score (nSPS) is 14.2. The highest BCUT2D eigenvalue weighted by Crippen LogP contribution is 2.23. The van der Waals surface area contributed by atoms with Crippen LogP contribution in [-0.4, -0.2) is 11.2 Å². The lowest BCUT2D eigenvalue weighted by Gasteiger charge is -2.20. The molecule has 18 heavy (non-hydrogen) atoms. The van der Waals surface area contributed by atoms with Crippen molar-refractivity contribution in [2.75, 3.05) is 0 Å². The first kappa shape index (κ1) is 17.6. The van der Waals surface area contributed by atoms with E-state index in [-0.39, 0.29) is 17.4 Å². The summed E-state index contributed by atoms with van der Waals surface area (Å²) in [6.07, 6.45) is 0.913. The fraction of sp³-hybridized carbons (Fsp3) is 0.538. The first-order valence-corrected chi connectivity index (χ1v) is 6.18. The molecule has 0 aliphatic rings. The summed E-state index contributed by atoms with van der Waals surface area (Å²) in [7, 11) is 0. The lowest BCUT2D eigenvalue weighted by atomic mass is 9.96. The van der Waals surface area contributed by atoms with Gasteiger partial charge < -0.3 is 10.8 Å².